The highest BCUT2D eigenvalue weighted by molar-refractivity contribution is 5.97. The number of nitrogens with two attached hydrogens (primary N) is 1. The Bertz CT molecular complexity index is 638. The zero-order chi connectivity index (χ0) is 17.8. The number of carbonyl (C=O) groups excluding carboxylic acids is 2. The average Bonchev–Trinajstić information content (AvgIpc) is 3.39. The van der Waals surface area contributed by atoms with Crippen LogP contribution in [0, 0.1) is 5.92 Å². The highest BCUT2D eigenvalue weighted by atomic mass is 16.2. The molecule has 0 bridgehead atoms. The van der Waals surface area contributed by atoms with Gasteiger partial charge in [0.05, 0.1) is 5.56 Å². The first-order chi connectivity index (χ1) is 12.1. The van der Waals surface area contributed by atoms with Gasteiger partial charge in [-0.05, 0) is 45.4 Å². The summed E-state index contributed by atoms with van der Waals surface area (Å²) in [5, 5.41) is 9.45. The SMILES string of the molecule is CCNC(=O)[C@H]1CC[C@@H](Nc2nc(NC3CC3)ncc2C(N)=O)CC1. The fraction of sp³-hybridized carbons (Fsp3) is 0.647. The van der Waals surface area contributed by atoms with Crippen LogP contribution in [0.25, 0.3) is 0 Å². The standard InChI is InChI=1S/C17H26N6O2/c1-2-19-16(25)10-3-5-11(6-4-10)21-15-13(14(18)24)9-20-17(23-15)22-12-7-8-12/h9-12H,2-8H2,1H3,(H2,18,24)(H,19,25)(H2,20,21,22,23)/t10-,11+. The second-order valence-electron chi connectivity index (χ2n) is 6.83. The summed E-state index contributed by atoms with van der Waals surface area (Å²) < 4.78 is 0. The van der Waals surface area contributed by atoms with E-state index in [0.29, 0.717) is 29.9 Å². The van der Waals surface area contributed by atoms with Crippen LogP contribution in [0.3, 0.4) is 0 Å². The summed E-state index contributed by atoms with van der Waals surface area (Å²) in [6.07, 6.45) is 7.08. The van der Waals surface area contributed by atoms with Gasteiger partial charge in [-0.2, -0.15) is 4.98 Å². The number of amides is 2. The second kappa shape index (κ2) is 7.67. The van der Waals surface area contributed by atoms with Crippen LogP contribution in [-0.2, 0) is 4.79 Å². The van der Waals surface area contributed by atoms with Gasteiger partial charge in [-0.3, -0.25) is 9.59 Å². The number of aromatic nitrogens is 2. The Morgan fingerprint density at radius 2 is 1.76 bits per heavy atom. The normalized spacial score (nSPS) is 22.9. The van der Waals surface area contributed by atoms with Crippen molar-refractivity contribution in [3.63, 3.8) is 0 Å². The van der Waals surface area contributed by atoms with Crippen molar-refractivity contribution in [2.75, 3.05) is 17.2 Å². The molecule has 0 aromatic carbocycles. The molecule has 1 aromatic rings. The lowest BCUT2D eigenvalue weighted by Crippen LogP contribution is -2.36. The summed E-state index contributed by atoms with van der Waals surface area (Å²) in [4.78, 5) is 32.2. The molecule has 0 aliphatic heterocycles. The molecule has 8 heteroatoms. The van der Waals surface area contributed by atoms with Crippen LogP contribution in [0.5, 0.6) is 0 Å². The fourth-order valence-corrected chi connectivity index (χ4v) is 3.16. The van der Waals surface area contributed by atoms with E-state index in [1.165, 1.54) is 6.20 Å². The van der Waals surface area contributed by atoms with E-state index in [9.17, 15) is 9.59 Å². The van der Waals surface area contributed by atoms with Crippen LogP contribution < -0.4 is 21.7 Å². The van der Waals surface area contributed by atoms with Crippen LogP contribution in [0.2, 0.25) is 0 Å². The maximum Gasteiger partial charge on any atom is 0.254 e. The number of hydrogen-bond acceptors (Lipinski definition) is 6. The third kappa shape index (κ3) is 4.58. The van der Waals surface area contributed by atoms with Gasteiger partial charge in [0.2, 0.25) is 11.9 Å². The van der Waals surface area contributed by atoms with Gasteiger partial charge in [-0.1, -0.05) is 0 Å². The molecule has 5 N–H and O–H groups in total. The largest absolute Gasteiger partial charge is 0.367 e. The summed E-state index contributed by atoms with van der Waals surface area (Å²) in [5.74, 6) is 0.664. The lowest BCUT2D eigenvalue weighted by molar-refractivity contribution is -0.125. The molecule has 8 nitrogen and oxygen atoms in total. The maximum atomic E-state index is 11.9. The molecule has 1 aromatic heterocycles. The van der Waals surface area contributed by atoms with Crippen molar-refractivity contribution in [2.24, 2.45) is 11.7 Å². The Morgan fingerprint density at radius 1 is 1.12 bits per heavy atom. The Hall–Kier alpha value is -2.38. The van der Waals surface area contributed by atoms with Crippen LogP contribution in [-0.4, -0.2) is 40.4 Å². The zero-order valence-electron chi connectivity index (χ0n) is 14.5. The van der Waals surface area contributed by atoms with Crippen LogP contribution in [0.15, 0.2) is 6.20 Å². The third-order valence-electron chi connectivity index (χ3n) is 4.75. The Balaban J connectivity index is 1.63. The molecule has 2 saturated carbocycles. The summed E-state index contributed by atoms with van der Waals surface area (Å²) in [6, 6.07) is 0.604. The molecule has 136 valence electrons. The smallest absolute Gasteiger partial charge is 0.254 e. The van der Waals surface area contributed by atoms with E-state index < -0.39 is 5.91 Å². The molecule has 25 heavy (non-hydrogen) atoms. The van der Waals surface area contributed by atoms with Gasteiger partial charge >= 0.3 is 0 Å². The van der Waals surface area contributed by atoms with E-state index in [4.69, 9.17) is 5.73 Å². The van der Waals surface area contributed by atoms with Crippen molar-refractivity contribution in [1.82, 2.24) is 15.3 Å². The molecule has 0 unspecified atom stereocenters. The van der Waals surface area contributed by atoms with Gasteiger partial charge < -0.3 is 21.7 Å². The van der Waals surface area contributed by atoms with Crippen molar-refractivity contribution in [1.29, 1.82) is 0 Å². The fourth-order valence-electron chi connectivity index (χ4n) is 3.16. The van der Waals surface area contributed by atoms with Crippen LogP contribution >= 0.6 is 0 Å². The van der Waals surface area contributed by atoms with E-state index >= 15 is 0 Å². The molecule has 0 saturated heterocycles. The average molecular weight is 346 g/mol. The van der Waals surface area contributed by atoms with Crippen molar-refractivity contribution in [3.8, 4) is 0 Å². The first-order valence-corrected chi connectivity index (χ1v) is 9.04. The van der Waals surface area contributed by atoms with Crippen molar-refractivity contribution < 1.29 is 9.59 Å². The first kappa shape index (κ1) is 17.4. The second-order valence-corrected chi connectivity index (χ2v) is 6.83. The number of rotatable bonds is 7. The minimum absolute atomic E-state index is 0.0751. The Labute approximate surface area is 147 Å². The number of anilines is 2. The molecule has 0 atom stereocenters. The monoisotopic (exact) mass is 346 g/mol. The van der Waals surface area contributed by atoms with E-state index in [1.807, 2.05) is 6.92 Å². The van der Waals surface area contributed by atoms with Gasteiger partial charge in [0.25, 0.3) is 5.91 Å². The van der Waals surface area contributed by atoms with Crippen LogP contribution in [0.4, 0.5) is 11.8 Å². The number of carbonyl (C=O) groups is 2. The number of primary amides is 1. The lowest BCUT2D eigenvalue weighted by Gasteiger charge is -2.29. The van der Waals surface area contributed by atoms with E-state index in [2.05, 4.69) is 25.9 Å². The van der Waals surface area contributed by atoms with Gasteiger partial charge in [0.15, 0.2) is 0 Å². The zero-order valence-corrected chi connectivity index (χ0v) is 14.5. The number of nitrogens with zero attached hydrogens (tertiary/aromatic N) is 2. The van der Waals surface area contributed by atoms with Crippen molar-refractivity contribution in [3.05, 3.63) is 11.8 Å². The predicted octanol–water partition coefficient (Wildman–Crippen LogP) is 1.26. The lowest BCUT2D eigenvalue weighted by atomic mass is 9.85. The van der Waals surface area contributed by atoms with E-state index in [1.54, 1.807) is 0 Å². The first-order valence-electron chi connectivity index (χ1n) is 9.04. The minimum atomic E-state index is -0.545. The molecule has 3 rings (SSSR count). The van der Waals surface area contributed by atoms with Crippen molar-refractivity contribution >= 4 is 23.6 Å². The predicted molar refractivity (Wildman–Crippen MR) is 95.2 cm³/mol. The van der Waals surface area contributed by atoms with Gasteiger partial charge in [0.1, 0.15) is 5.82 Å². The summed E-state index contributed by atoms with van der Waals surface area (Å²) >= 11 is 0. The van der Waals surface area contributed by atoms with Crippen molar-refractivity contribution in [2.45, 2.75) is 57.5 Å². The molecule has 2 fully saturated rings. The van der Waals surface area contributed by atoms with E-state index in [0.717, 1.165) is 38.5 Å². The highest BCUT2D eigenvalue weighted by Crippen LogP contribution is 2.28. The Morgan fingerprint density at radius 3 is 2.36 bits per heavy atom. The summed E-state index contributed by atoms with van der Waals surface area (Å²) in [7, 11) is 0. The summed E-state index contributed by atoms with van der Waals surface area (Å²) in [6.45, 7) is 2.59. The molecule has 2 aliphatic rings. The minimum Gasteiger partial charge on any atom is -0.367 e. The number of nitrogens with one attached hydrogen (secondary N) is 3. The highest BCUT2D eigenvalue weighted by Gasteiger charge is 2.27. The topological polar surface area (TPSA) is 122 Å². The molecule has 2 aliphatic carbocycles. The van der Waals surface area contributed by atoms with Crippen LogP contribution in [0.1, 0.15) is 55.8 Å². The van der Waals surface area contributed by atoms with Gasteiger partial charge in [-0.25, -0.2) is 4.98 Å². The quantitative estimate of drug-likeness (QED) is 0.589. The molecule has 0 spiro atoms. The molecule has 2 amide bonds. The third-order valence-corrected chi connectivity index (χ3v) is 4.75. The number of hydrogen-bond donors (Lipinski definition) is 4. The van der Waals surface area contributed by atoms with E-state index in [-0.39, 0.29) is 17.9 Å². The summed E-state index contributed by atoms with van der Waals surface area (Å²) in [5.41, 5.74) is 5.74. The molecule has 0 radical (unpaired) electrons. The molecule has 1 heterocycles. The molecular weight excluding hydrogens is 320 g/mol. The van der Waals surface area contributed by atoms with Gasteiger partial charge in [0, 0.05) is 30.7 Å². The maximum absolute atomic E-state index is 11.9. The van der Waals surface area contributed by atoms with Gasteiger partial charge in [-0.15, -0.1) is 0 Å². The molecular formula is C17H26N6O2. The Kier molecular flexibility index (Phi) is 5.35.